The van der Waals surface area contributed by atoms with Gasteiger partial charge in [-0.15, -0.1) is 0 Å². The van der Waals surface area contributed by atoms with Crippen molar-refractivity contribution >= 4 is 0 Å². The smallest absolute Gasteiger partial charge is 0 e. The molecule has 0 heterocycles. The summed E-state index contributed by atoms with van der Waals surface area (Å²) in [4.78, 5) is 0. The van der Waals surface area contributed by atoms with Crippen LogP contribution < -0.4 is 0 Å². The molecule has 0 N–H and O–H groups in total. The van der Waals surface area contributed by atoms with Gasteiger partial charge in [-0.3, -0.25) is 0 Å². The molecule has 0 rings (SSSR count). The van der Waals surface area contributed by atoms with E-state index in [2.05, 4.69) is 0 Å². The summed E-state index contributed by atoms with van der Waals surface area (Å²) in [5, 5.41) is 0. The van der Waals surface area contributed by atoms with Gasteiger partial charge < -0.3 is 0 Å². The van der Waals surface area contributed by atoms with Crippen molar-refractivity contribution in [2.24, 2.45) is 0 Å². The van der Waals surface area contributed by atoms with Gasteiger partial charge in [0.15, 0.2) is 0 Å². The normalized spacial score (nSPS) is 0. The first-order valence-corrected chi connectivity index (χ1v) is 0. The van der Waals surface area contributed by atoms with Gasteiger partial charge in [0.2, 0.25) is 0 Å². The molecule has 0 bridgehead atoms. The van der Waals surface area contributed by atoms with Gasteiger partial charge >= 0.3 is 0 Å². The minimum absolute atomic E-state index is 0. The van der Waals surface area contributed by atoms with E-state index in [1.165, 1.54) is 0 Å². The van der Waals surface area contributed by atoms with E-state index in [1.54, 1.807) is 0 Å². The maximum absolute atomic E-state index is 0. The van der Waals surface area contributed by atoms with Crippen molar-refractivity contribution in [1.29, 1.82) is 0 Å². The van der Waals surface area contributed by atoms with E-state index in [0.717, 1.165) is 0 Å². The van der Waals surface area contributed by atoms with E-state index in [9.17, 15) is 0 Å². The predicted octanol–water partition coefficient (Wildman–Crippen LogP) is -0.00750. The van der Waals surface area contributed by atoms with E-state index >= 15 is 0 Å². The van der Waals surface area contributed by atoms with Crippen molar-refractivity contribution in [2.75, 3.05) is 0 Å². The van der Waals surface area contributed by atoms with Crippen LogP contribution in [0.25, 0.3) is 0 Å². The summed E-state index contributed by atoms with van der Waals surface area (Å²) in [6, 6.07) is 0. The van der Waals surface area contributed by atoms with Gasteiger partial charge in [-0.25, -0.2) is 0 Å². The van der Waals surface area contributed by atoms with Crippen LogP contribution >= 0.6 is 0 Å². The third kappa shape index (κ3) is 8.85. The summed E-state index contributed by atoms with van der Waals surface area (Å²) in [7, 11) is 0. The van der Waals surface area contributed by atoms with Gasteiger partial charge in [0.25, 0.3) is 0 Å². The van der Waals surface area contributed by atoms with Crippen LogP contribution in [0.1, 0.15) is 0 Å². The van der Waals surface area contributed by atoms with Gasteiger partial charge in [0.05, 0.1) is 0 Å². The molecule has 0 saturated heterocycles. The third-order valence-electron chi connectivity index (χ3n) is 0. The SMILES string of the molecule is [Dy].[Fe].[Fe].[Fe]. The molecular weight excluding hydrogens is 330 g/mol. The number of hydrogen-bond acceptors (Lipinski definition) is 0. The zero-order valence-electron chi connectivity index (χ0n) is 1.38. The fourth-order valence-electron chi connectivity index (χ4n) is 0. The molecule has 0 amide bonds. The molecule has 0 aromatic heterocycles. The third-order valence-corrected chi connectivity index (χ3v) is 0. The fourth-order valence-corrected chi connectivity index (χ4v) is 0. The van der Waals surface area contributed by atoms with Crippen molar-refractivity contribution in [3.63, 3.8) is 0 Å². The summed E-state index contributed by atoms with van der Waals surface area (Å²) >= 11 is 0. The minimum atomic E-state index is 0. The quantitative estimate of drug-likeness (QED) is 0.549. The van der Waals surface area contributed by atoms with Crippen LogP contribution in [0.5, 0.6) is 0 Å². The summed E-state index contributed by atoms with van der Waals surface area (Å²) in [6.45, 7) is 0. The maximum atomic E-state index is 0. The Bertz CT molecular complexity index is 3.25. The molecule has 4 heavy (non-hydrogen) atoms. The van der Waals surface area contributed by atoms with Gasteiger partial charge in [-0.2, -0.15) is 0 Å². The summed E-state index contributed by atoms with van der Waals surface area (Å²) in [5.74, 6) is 0. The average Bonchev–Trinajstić information content (AvgIpc) is 0. The Morgan fingerprint density at radius 1 is 0.500 bits per heavy atom. The first kappa shape index (κ1) is 29.0. The Morgan fingerprint density at radius 3 is 0.500 bits per heavy atom. The van der Waals surface area contributed by atoms with Crippen LogP contribution in [0.3, 0.4) is 0 Å². The molecule has 0 aromatic rings. The largest absolute Gasteiger partial charge is 0 e. The van der Waals surface area contributed by atoms with Crippen molar-refractivity contribution in [2.45, 2.75) is 0 Å². The molecule has 0 spiro atoms. The van der Waals surface area contributed by atoms with Gasteiger partial charge in [-0.05, 0) is 0 Å². The Hall–Kier alpha value is 2.83. The second kappa shape index (κ2) is 17.0. The van der Waals surface area contributed by atoms with Crippen LogP contribution in [0.4, 0.5) is 0 Å². The topological polar surface area (TPSA) is 0 Å². The molecule has 0 fully saturated rings. The Morgan fingerprint density at radius 2 is 0.500 bits per heavy atom. The molecule has 0 unspecified atom stereocenters. The standard InChI is InChI=1S/Dy.3Fe. The van der Waals surface area contributed by atoms with Crippen LogP contribution in [-0.2, 0) is 51.2 Å². The molecule has 0 saturated carbocycles. The van der Waals surface area contributed by atoms with Crippen molar-refractivity contribution < 1.29 is 89.4 Å². The van der Waals surface area contributed by atoms with Crippen LogP contribution in [0.2, 0.25) is 0 Å². The molecule has 34 valence electrons. The van der Waals surface area contributed by atoms with Crippen molar-refractivity contribution in [1.82, 2.24) is 0 Å². The van der Waals surface area contributed by atoms with E-state index in [0.29, 0.717) is 0 Å². The van der Waals surface area contributed by atoms with Gasteiger partial charge in [0, 0.05) is 89.4 Å². The van der Waals surface area contributed by atoms with E-state index in [1.807, 2.05) is 0 Å². The van der Waals surface area contributed by atoms with Crippen molar-refractivity contribution in [3.05, 3.63) is 0 Å². The molecule has 4 heteroatoms. The predicted molar refractivity (Wildman–Crippen MR) is 0 cm³/mol. The number of hydrogen-bond donors (Lipinski definition) is 0. The molecule has 0 aliphatic carbocycles. The summed E-state index contributed by atoms with van der Waals surface area (Å²) in [6.07, 6.45) is 0. The fraction of sp³-hybridized carbons (Fsp3) is 0. The average molecular weight is 330 g/mol. The zero-order chi connectivity index (χ0) is 0. The second-order valence-electron chi connectivity index (χ2n) is 0. The summed E-state index contributed by atoms with van der Waals surface area (Å²) in [5.41, 5.74) is 0. The van der Waals surface area contributed by atoms with Gasteiger partial charge in [0.1, 0.15) is 0 Å². The molecule has 0 atom stereocenters. The van der Waals surface area contributed by atoms with Crippen LogP contribution in [0.15, 0.2) is 0 Å². The molecular formula is DyFe3. The first-order chi connectivity index (χ1) is 0. The molecule has 0 aliphatic heterocycles. The molecule has 0 nitrogen and oxygen atoms in total. The Kier molecular flexibility index (Phi) is 123. The van der Waals surface area contributed by atoms with E-state index in [-0.39, 0.29) is 89.4 Å². The molecule has 0 aromatic carbocycles. The van der Waals surface area contributed by atoms with E-state index in [4.69, 9.17) is 0 Å². The maximum Gasteiger partial charge on any atom is 0 e. The minimum Gasteiger partial charge on any atom is 0 e. The molecule has 0 radical (unpaired) electrons. The van der Waals surface area contributed by atoms with Gasteiger partial charge in [-0.1, -0.05) is 0 Å². The summed E-state index contributed by atoms with van der Waals surface area (Å²) < 4.78 is 0. The van der Waals surface area contributed by atoms with E-state index < -0.39 is 0 Å². The monoisotopic (exact) mass is 332 g/mol. The van der Waals surface area contributed by atoms with Crippen molar-refractivity contribution in [3.8, 4) is 0 Å². The number of rotatable bonds is 0. The van der Waals surface area contributed by atoms with Crippen LogP contribution in [0, 0.1) is 38.2 Å². The Labute approximate surface area is 87.7 Å². The first-order valence-electron chi connectivity index (χ1n) is 0. The zero-order valence-corrected chi connectivity index (χ0v) is 6.72. The van der Waals surface area contributed by atoms with Crippen LogP contribution in [-0.4, -0.2) is 0 Å². The Balaban J connectivity index is 0. The molecule has 0 aliphatic rings. The second-order valence-corrected chi connectivity index (χ2v) is 0.